The van der Waals surface area contributed by atoms with Crippen LogP contribution in [-0.4, -0.2) is 32.7 Å². The number of methoxy groups -OCH3 is 2. The summed E-state index contributed by atoms with van der Waals surface area (Å²) in [5.74, 6) is 1.71. The Hall–Kier alpha value is -2.00. The Morgan fingerprint density at radius 2 is 1.91 bits per heavy atom. The van der Waals surface area contributed by atoms with E-state index in [0.717, 1.165) is 30.9 Å². The highest BCUT2D eigenvalue weighted by Gasteiger charge is 2.35. The van der Waals surface area contributed by atoms with Gasteiger partial charge >= 0.3 is 0 Å². The van der Waals surface area contributed by atoms with Gasteiger partial charge in [0.05, 0.1) is 14.2 Å². The average molecular weight is 295 g/mol. The van der Waals surface area contributed by atoms with E-state index in [1.165, 1.54) is 27.8 Å². The standard InChI is InChI=1S/C19H21NO2/c1-20-9-8-13-11-16(21-2)19(22-3)18-14-7-5-4-6-12(14)10-15(20)17(13)18/h4-7,11,15H,8-10H2,1-3H3/t15-/m0/s1. The van der Waals surface area contributed by atoms with E-state index < -0.39 is 0 Å². The number of rotatable bonds is 2. The third-order valence-corrected chi connectivity index (χ3v) is 5.09. The zero-order valence-corrected chi connectivity index (χ0v) is 13.3. The van der Waals surface area contributed by atoms with E-state index in [4.69, 9.17) is 9.47 Å². The van der Waals surface area contributed by atoms with Crippen molar-refractivity contribution >= 4 is 0 Å². The quantitative estimate of drug-likeness (QED) is 0.847. The largest absolute Gasteiger partial charge is 0.493 e. The molecule has 4 rings (SSSR count). The van der Waals surface area contributed by atoms with Crippen LogP contribution in [0.4, 0.5) is 0 Å². The van der Waals surface area contributed by atoms with Gasteiger partial charge in [-0.1, -0.05) is 24.3 Å². The first-order chi connectivity index (χ1) is 10.7. The summed E-state index contributed by atoms with van der Waals surface area (Å²) in [5, 5.41) is 0. The number of fused-ring (bicyclic) bond motifs is 2. The molecule has 2 aliphatic rings. The molecule has 22 heavy (non-hydrogen) atoms. The molecule has 114 valence electrons. The molecule has 0 amide bonds. The maximum Gasteiger partial charge on any atom is 0.168 e. The van der Waals surface area contributed by atoms with Gasteiger partial charge < -0.3 is 9.47 Å². The van der Waals surface area contributed by atoms with Crippen molar-refractivity contribution in [2.75, 3.05) is 27.8 Å². The van der Waals surface area contributed by atoms with Crippen molar-refractivity contribution in [1.82, 2.24) is 4.90 Å². The average Bonchev–Trinajstić information content (AvgIpc) is 2.57. The smallest absolute Gasteiger partial charge is 0.168 e. The van der Waals surface area contributed by atoms with Crippen molar-refractivity contribution in [2.45, 2.75) is 18.9 Å². The fourth-order valence-corrected chi connectivity index (χ4v) is 4.00. The van der Waals surface area contributed by atoms with E-state index in [2.05, 4.69) is 42.3 Å². The first kappa shape index (κ1) is 13.6. The normalized spacial score (nSPS) is 19.3. The third-order valence-electron chi connectivity index (χ3n) is 5.09. The van der Waals surface area contributed by atoms with Crippen LogP contribution < -0.4 is 9.47 Å². The van der Waals surface area contributed by atoms with Gasteiger partial charge in [0.25, 0.3) is 0 Å². The Morgan fingerprint density at radius 3 is 2.68 bits per heavy atom. The minimum Gasteiger partial charge on any atom is -0.493 e. The molecule has 1 aliphatic heterocycles. The van der Waals surface area contributed by atoms with E-state index in [9.17, 15) is 0 Å². The van der Waals surface area contributed by atoms with Crippen molar-refractivity contribution in [2.24, 2.45) is 0 Å². The highest BCUT2D eigenvalue weighted by molar-refractivity contribution is 5.83. The monoisotopic (exact) mass is 295 g/mol. The number of hydrogen-bond acceptors (Lipinski definition) is 3. The maximum atomic E-state index is 5.76. The lowest BCUT2D eigenvalue weighted by atomic mass is 9.76. The zero-order chi connectivity index (χ0) is 15.3. The summed E-state index contributed by atoms with van der Waals surface area (Å²) < 4.78 is 11.4. The van der Waals surface area contributed by atoms with E-state index in [1.807, 2.05) is 0 Å². The van der Waals surface area contributed by atoms with Gasteiger partial charge in [0, 0.05) is 18.2 Å². The summed E-state index contributed by atoms with van der Waals surface area (Å²) in [6.07, 6.45) is 2.14. The first-order valence-electron chi connectivity index (χ1n) is 7.81. The lowest BCUT2D eigenvalue weighted by Gasteiger charge is -2.40. The van der Waals surface area contributed by atoms with Crippen molar-refractivity contribution in [1.29, 1.82) is 0 Å². The zero-order valence-electron chi connectivity index (χ0n) is 13.3. The number of nitrogens with zero attached hydrogens (tertiary/aromatic N) is 1. The fourth-order valence-electron chi connectivity index (χ4n) is 4.00. The molecule has 0 saturated carbocycles. The minimum atomic E-state index is 0.438. The molecule has 3 heteroatoms. The van der Waals surface area contributed by atoms with Crippen molar-refractivity contribution in [3.8, 4) is 22.6 Å². The summed E-state index contributed by atoms with van der Waals surface area (Å²) in [6, 6.07) is 11.3. The summed E-state index contributed by atoms with van der Waals surface area (Å²) in [4.78, 5) is 2.47. The highest BCUT2D eigenvalue weighted by Crippen LogP contribution is 2.51. The van der Waals surface area contributed by atoms with Crippen molar-refractivity contribution in [3.63, 3.8) is 0 Å². The highest BCUT2D eigenvalue weighted by atomic mass is 16.5. The fraction of sp³-hybridized carbons (Fsp3) is 0.368. The molecule has 1 atom stereocenters. The van der Waals surface area contributed by atoms with Gasteiger partial charge in [-0.05, 0) is 48.2 Å². The Morgan fingerprint density at radius 1 is 1.09 bits per heavy atom. The Balaban J connectivity index is 2.09. The van der Waals surface area contributed by atoms with E-state index >= 15 is 0 Å². The Kier molecular flexibility index (Phi) is 3.12. The van der Waals surface area contributed by atoms with Gasteiger partial charge in [0.1, 0.15) is 0 Å². The van der Waals surface area contributed by atoms with Crippen LogP contribution in [0.15, 0.2) is 30.3 Å². The number of likely N-dealkylation sites (N-methyl/N-ethyl adjacent to an activating group) is 1. The molecule has 0 N–H and O–H groups in total. The van der Waals surface area contributed by atoms with Gasteiger partial charge in [-0.2, -0.15) is 0 Å². The second-order valence-electron chi connectivity index (χ2n) is 6.17. The predicted octanol–water partition coefficient (Wildman–Crippen LogP) is 3.46. The summed E-state index contributed by atoms with van der Waals surface area (Å²) in [6.45, 7) is 1.09. The molecule has 1 aliphatic carbocycles. The molecular formula is C19H21NO2. The van der Waals surface area contributed by atoms with Crippen LogP contribution in [0.3, 0.4) is 0 Å². The van der Waals surface area contributed by atoms with Gasteiger partial charge in [-0.3, -0.25) is 4.90 Å². The summed E-state index contributed by atoms with van der Waals surface area (Å²) in [7, 11) is 5.68. The molecular weight excluding hydrogens is 274 g/mol. The van der Waals surface area contributed by atoms with Crippen LogP contribution in [-0.2, 0) is 12.8 Å². The van der Waals surface area contributed by atoms with Gasteiger partial charge in [0.2, 0.25) is 0 Å². The lowest BCUT2D eigenvalue weighted by Crippen LogP contribution is -2.35. The van der Waals surface area contributed by atoms with Crippen LogP contribution in [0, 0.1) is 0 Å². The van der Waals surface area contributed by atoms with Crippen LogP contribution in [0.25, 0.3) is 11.1 Å². The second kappa shape index (κ2) is 5.03. The van der Waals surface area contributed by atoms with E-state index in [1.54, 1.807) is 14.2 Å². The van der Waals surface area contributed by atoms with Crippen molar-refractivity contribution in [3.05, 3.63) is 47.0 Å². The second-order valence-corrected chi connectivity index (χ2v) is 6.17. The molecule has 0 unspecified atom stereocenters. The number of ether oxygens (including phenoxy) is 2. The Labute approximate surface area is 131 Å². The molecule has 0 fully saturated rings. The predicted molar refractivity (Wildman–Crippen MR) is 87.8 cm³/mol. The molecule has 0 aromatic heterocycles. The number of hydrogen-bond donors (Lipinski definition) is 0. The number of benzene rings is 2. The summed E-state index contributed by atoms with van der Waals surface area (Å²) >= 11 is 0. The van der Waals surface area contributed by atoms with Gasteiger partial charge in [-0.25, -0.2) is 0 Å². The van der Waals surface area contributed by atoms with Crippen LogP contribution in [0.1, 0.15) is 22.7 Å². The van der Waals surface area contributed by atoms with Crippen molar-refractivity contribution < 1.29 is 9.47 Å². The Bertz CT molecular complexity index is 738. The SMILES string of the molecule is COc1cc2c3c(c1OC)-c1ccccc1C[C@@H]3N(C)CC2. The molecule has 2 aromatic rings. The molecule has 0 saturated heterocycles. The minimum absolute atomic E-state index is 0.438. The molecule has 0 spiro atoms. The van der Waals surface area contributed by atoms with E-state index in [-0.39, 0.29) is 0 Å². The van der Waals surface area contributed by atoms with Gasteiger partial charge in [0.15, 0.2) is 11.5 Å². The first-order valence-corrected chi connectivity index (χ1v) is 7.81. The molecule has 2 aromatic carbocycles. The molecule has 1 heterocycles. The van der Waals surface area contributed by atoms with Crippen LogP contribution in [0.5, 0.6) is 11.5 Å². The molecule has 0 bridgehead atoms. The maximum absolute atomic E-state index is 5.76. The molecule has 0 radical (unpaired) electrons. The van der Waals surface area contributed by atoms with Crippen LogP contribution in [0.2, 0.25) is 0 Å². The lowest BCUT2D eigenvalue weighted by molar-refractivity contribution is 0.226. The summed E-state index contributed by atoms with van der Waals surface area (Å²) in [5.41, 5.74) is 6.76. The van der Waals surface area contributed by atoms with E-state index in [0.29, 0.717) is 6.04 Å². The third kappa shape index (κ3) is 1.78. The topological polar surface area (TPSA) is 21.7 Å². The van der Waals surface area contributed by atoms with Crippen LogP contribution >= 0.6 is 0 Å². The van der Waals surface area contributed by atoms with Gasteiger partial charge in [-0.15, -0.1) is 0 Å². The molecule has 3 nitrogen and oxygen atoms in total.